The van der Waals surface area contributed by atoms with Gasteiger partial charge in [-0.25, -0.2) is 4.79 Å². The van der Waals surface area contributed by atoms with Crippen LogP contribution in [0.25, 0.3) is 0 Å². The van der Waals surface area contributed by atoms with Crippen LogP contribution >= 0.6 is 0 Å². The Morgan fingerprint density at radius 2 is 2.25 bits per heavy atom. The summed E-state index contributed by atoms with van der Waals surface area (Å²) in [5.74, 6) is 0.156. The van der Waals surface area contributed by atoms with E-state index in [2.05, 4.69) is 35.4 Å². The molecule has 0 aromatic carbocycles. The third kappa shape index (κ3) is 2.22. The Labute approximate surface area is 71.0 Å². The molecule has 68 valence electrons. The van der Waals surface area contributed by atoms with Gasteiger partial charge in [0, 0.05) is 6.42 Å². The van der Waals surface area contributed by atoms with E-state index in [1.807, 2.05) is 0 Å². The Balaban J connectivity index is 2.70. The minimum absolute atomic E-state index is 0.166. The van der Waals surface area contributed by atoms with Gasteiger partial charge in [0.15, 0.2) is 5.82 Å². The lowest BCUT2D eigenvalue weighted by Crippen LogP contribution is -2.14. The Bertz CT molecular complexity index is 298. The molecule has 0 amide bonds. The average Bonchev–Trinajstić information content (AvgIpc) is 2.35. The second-order valence-corrected chi connectivity index (χ2v) is 3.74. The quantitative estimate of drug-likeness (QED) is 0.744. The summed E-state index contributed by atoms with van der Waals surface area (Å²) in [6.45, 7) is 6.36. The second-order valence-electron chi connectivity index (χ2n) is 3.74. The summed E-state index contributed by atoms with van der Waals surface area (Å²) >= 11 is 0. The molecule has 0 saturated carbocycles. The van der Waals surface area contributed by atoms with Gasteiger partial charge in [-0.15, -0.1) is 0 Å². The number of nitrogens with zero attached hydrogens (tertiary/aromatic N) is 1. The summed E-state index contributed by atoms with van der Waals surface area (Å²) in [5.41, 5.74) is 0.166. The molecule has 0 aliphatic heterocycles. The molecule has 0 fully saturated rings. The molecule has 1 aromatic heterocycles. The Morgan fingerprint density at radius 3 is 2.67 bits per heavy atom. The summed E-state index contributed by atoms with van der Waals surface area (Å²) in [4.78, 5) is 13.1. The summed E-state index contributed by atoms with van der Waals surface area (Å²) in [5, 5.41) is 3.61. The predicted molar refractivity (Wildman–Crippen MR) is 44.9 cm³/mol. The molecule has 12 heavy (non-hydrogen) atoms. The van der Waals surface area contributed by atoms with Crippen molar-refractivity contribution in [2.24, 2.45) is 5.41 Å². The van der Waals surface area contributed by atoms with Gasteiger partial charge >= 0.3 is 5.76 Å². The van der Waals surface area contributed by atoms with Gasteiger partial charge in [0.05, 0.1) is 0 Å². The first kappa shape index (κ1) is 9.03. The Hall–Kier alpha value is -1.06. The van der Waals surface area contributed by atoms with Crippen LogP contribution in [0.5, 0.6) is 0 Å². The van der Waals surface area contributed by atoms with E-state index < -0.39 is 5.76 Å². The van der Waals surface area contributed by atoms with E-state index in [0.717, 1.165) is 12.8 Å². The predicted octanol–water partition coefficient (Wildman–Crippen LogP) is 1.34. The van der Waals surface area contributed by atoms with Crippen molar-refractivity contribution in [2.75, 3.05) is 0 Å². The first-order valence-electron chi connectivity index (χ1n) is 4.08. The molecular formula is C8H14N2O2. The highest BCUT2D eigenvalue weighted by Crippen LogP contribution is 2.23. The molecule has 0 bridgehead atoms. The highest BCUT2D eigenvalue weighted by atomic mass is 16.5. The summed E-state index contributed by atoms with van der Waals surface area (Å²) in [7, 11) is 0. The first-order valence-corrected chi connectivity index (χ1v) is 4.08. The highest BCUT2D eigenvalue weighted by molar-refractivity contribution is 4.85. The van der Waals surface area contributed by atoms with Gasteiger partial charge in [-0.2, -0.15) is 0 Å². The van der Waals surface area contributed by atoms with Crippen LogP contribution in [0.2, 0.25) is 0 Å². The number of hydrogen-bond acceptors (Lipinski definition) is 3. The van der Waals surface area contributed by atoms with Crippen molar-refractivity contribution in [2.45, 2.75) is 33.6 Å². The SMILES string of the molecule is CCC(C)(C)Cc1noc(=O)[nH]1. The molecule has 0 spiro atoms. The minimum atomic E-state index is -0.475. The van der Waals surface area contributed by atoms with E-state index in [4.69, 9.17) is 0 Å². The molecule has 0 unspecified atom stereocenters. The number of aromatic amines is 1. The molecule has 0 radical (unpaired) electrons. The average molecular weight is 170 g/mol. The van der Waals surface area contributed by atoms with E-state index in [1.165, 1.54) is 0 Å². The standard InChI is InChI=1S/C8H14N2O2/c1-4-8(2,3)5-6-9-7(11)12-10-6/h4-5H2,1-3H3,(H,9,10,11). The van der Waals surface area contributed by atoms with Crippen LogP contribution < -0.4 is 5.76 Å². The van der Waals surface area contributed by atoms with Crippen LogP contribution in [0.1, 0.15) is 33.0 Å². The van der Waals surface area contributed by atoms with Gasteiger partial charge < -0.3 is 0 Å². The van der Waals surface area contributed by atoms with Crippen LogP contribution in [0.4, 0.5) is 0 Å². The van der Waals surface area contributed by atoms with Gasteiger partial charge in [0.1, 0.15) is 0 Å². The number of nitrogens with one attached hydrogen (secondary N) is 1. The zero-order chi connectivity index (χ0) is 9.19. The molecule has 1 rings (SSSR count). The van der Waals surface area contributed by atoms with Crippen molar-refractivity contribution < 1.29 is 4.52 Å². The third-order valence-corrected chi connectivity index (χ3v) is 2.09. The first-order chi connectivity index (χ1) is 5.53. The fraction of sp³-hybridized carbons (Fsp3) is 0.750. The molecule has 0 aliphatic carbocycles. The monoisotopic (exact) mass is 170 g/mol. The van der Waals surface area contributed by atoms with Crippen molar-refractivity contribution in [3.8, 4) is 0 Å². The van der Waals surface area contributed by atoms with Crippen molar-refractivity contribution >= 4 is 0 Å². The fourth-order valence-electron chi connectivity index (χ4n) is 0.915. The number of aromatic nitrogens is 2. The Morgan fingerprint density at radius 1 is 1.58 bits per heavy atom. The Kier molecular flexibility index (Phi) is 2.35. The van der Waals surface area contributed by atoms with Gasteiger partial charge in [0.25, 0.3) is 0 Å². The lowest BCUT2D eigenvalue weighted by atomic mass is 9.86. The van der Waals surface area contributed by atoms with E-state index in [1.54, 1.807) is 0 Å². The zero-order valence-corrected chi connectivity index (χ0v) is 7.68. The summed E-state index contributed by atoms with van der Waals surface area (Å²) < 4.78 is 4.39. The lowest BCUT2D eigenvalue weighted by molar-refractivity contribution is 0.326. The molecule has 0 atom stereocenters. The number of rotatable bonds is 3. The van der Waals surface area contributed by atoms with Crippen LogP contribution in [-0.4, -0.2) is 10.1 Å². The highest BCUT2D eigenvalue weighted by Gasteiger charge is 2.18. The zero-order valence-electron chi connectivity index (χ0n) is 7.68. The van der Waals surface area contributed by atoms with Crippen LogP contribution in [0, 0.1) is 5.41 Å². The maximum atomic E-state index is 10.6. The normalized spacial score (nSPS) is 11.9. The molecule has 1 N–H and O–H groups in total. The van der Waals surface area contributed by atoms with Crippen molar-refractivity contribution in [1.29, 1.82) is 0 Å². The summed E-state index contributed by atoms with van der Waals surface area (Å²) in [6.07, 6.45) is 1.79. The van der Waals surface area contributed by atoms with E-state index in [0.29, 0.717) is 5.82 Å². The maximum Gasteiger partial charge on any atom is 0.438 e. The van der Waals surface area contributed by atoms with E-state index >= 15 is 0 Å². The van der Waals surface area contributed by atoms with Crippen molar-refractivity contribution in [3.05, 3.63) is 16.4 Å². The van der Waals surface area contributed by atoms with Gasteiger partial charge in [0.2, 0.25) is 0 Å². The molecule has 1 heterocycles. The van der Waals surface area contributed by atoms with E-state index in [-0.39, 0.29) is 5.41 Å². The molecule has 4 heteroatoms. The second kappa shape index (κ2) is 3.13. The number of H-pyrrole nitrogens is 1. The van der Waals surface area contributed by atoms with Gasteiger partial charge in [-0.1, -0.05) is 32.3 Å². The van der Waals surface area contributed by atoms with Gasteiger partial charge in [-0.05, 0) is 5.41 Å². The molecule has 4 nitrogen and oxygen atoms in total. The maximum absolute atomic E-state index is 10.6. The third-order valence-electron chi connectivity index (χ3n) is 2.09. The van der Waals surface area contributed by atoms with E-state index in [9.17, 15) is 4.79 Å². The van der Waals surface area contributed by atoms with Gasteiger partial charge in [-0.3, -0.25) is 9.51 Å². The summed E-state index contributed by atoms with van der Waals surface area (Å²) in [6, 6.07) is 0. The van der Waals surface area contributed by atoms with Crippen LogP contribution in [-0.2, 0) is 6.42 Å². The van der Waals surface area contributed by atoms with Crippen molar-refractivity contribution in [1.82, 2.24) is 10.1 Å². The molecular weight excluding hydrogens is 156 g/mol. The largest absolute Gasteiger partial charge is 0.438 e. The van der Waals surface area contributed by atoms with Crippen LogP contribution in [0.3, 0.4) is 0 Å². The fourth-order valence-corrected chi connectivity index (χ4v) is 0.915. The molecule has 0 aliphatic rings. The topological polar surface area (TPSA) is 58.9 Å². The van der Waals surface area contributed by atoms with Crippen LogP contribution in [0.15, 0.2) is 9.32 Å². The molecule has 1 aromatic rings. The smallest absolute Gasteiger partial charge is 0.296 e. The minimum Gasteiger partial charge on any atom is -0.296 e. The lowest BCUT2D eigenvalue weighted by Gasteiger charge is -2.19. The molecule has 0 saturated heterocycles. The van der Waals surface area contributed by atoms with Crippen molar-refractivity contribution in [3.63, 3.8) is 0 Å². The number of hydrogen-bond donors (Lipinski definition) is 1.